The first-order valence-corrected chi connectivity index (χ1v) is 11.2. The zero-order valence-corrected chi connectivity index (χ0v) is 18.3. The summed E-state index contributed by atoms with van der Waals surface area (Å²) in [4.78, 5) is 42.2. The molecular formula is C26H28N2O4. The largest absolute Gasteiger partial charge is 0.466 e. The Labute approximate surface area is 187 Å². The first-order chi connectivity index (χ1) is 15.6. The van der Waals surface area contributed by atoms with Gasteiger partial charge in [-0.25, -0.2) is 0 Å². The summed E-state index contributed by atoms with van der Waals surface area (Å²) >= 11 is 0. The Kier molecular flexibility index (Phi) is 6.69. The number of para-hydroxylation sites is 1. The van der Waals surface area contributed by atoms with E-state index in [1.54, 1.807) is 6.07 Å². The number of carbonyl (C=O) groups excluding carboxylic acids is 2. The number of ether oxygens (including phenoxy) is 1. The van der Waals surface area contributed by atoms with Gasteiger partial charge in [-0.15, -0.1) is 0 Å². The van der Waals surface area contributed by atoms with Gasteiger partial charge in [-0.2, -0.15) is 0 Å². The SMILES string of the molecule is CCOC(=O)CC(c1ccccc1)C1CCN(C(=O)c2cc(=O)[nH]c3ccccc23)CC1. The zero-order chi connectivity index (χ0) is 22.5. The van der Waals surface area contributed by atoms with Gasteiger partial charge in [0, 0.05) is 30.1 Å². The Morgan fingerprint density at radius 2 is 1.75 bits per heavy atom. The number of nitrogens with zero attached hydrogens (tertiary/aromatic N) is 1. The summed E-state index contributed by atoms with van der Waals surface area (Å²) in [5.41, 5.74) is 1.96. The topological polar surface area (TPSA) is 79.5 Å². The highest BCUT2D eigenvalue weighted by molar-refractivity contribution is 6.05. The molecule has 0 spiro atoms. The van der Waals surface area contributed by atoms with Crippen molar-refractivity contribution in [2.24, 2.45) is 5.92 Å². The fraction of sp³-hybridized carbons (Fsp3) is 0.346. The summed E-state index contributed by atoms with van der Waals surface area (Å²) in [5.74, 6) is 0.0388. The molecule has 1 amide bonds. The summed E-state index contributed by atoms with van der Waals surface area (Å²) in [6, 6.07) is 18.8. The molecule has 1 unspecified atom stereocenters. The molecule has 0 radical (unpaired) electrons. The molecular weight excluding hydrogens is 404 g/mol. The number of carbonyl (C=O) groups is 2. The second kappa shape index (κ2) is 9.81. The Morgan fingerprint density at radius 1 is 1.06 bits per heavy atom. The van der Waals surface area contributed by atoms with Crippen molar-refractivity contribution < 1.29 is 14.3 Å². The molecule has 1 saturated heterocycles. The lowest BCUT2D eigenvalue weighted by Gasteiger charge is -2.36. The average Bonchev–Trinajstić information content (AvgIpc) is 2.82. The van der Waals surface area contributed by atoms with E-state index in [2.05, 4.69) is 17.1 Å². The number of pyridine rings is 1. The summed E-state index contributed by atoms with van der Waals surface area (Å²) in [7, 11) is 0. The van der Waals surface area contributed by atoms with Gasteiger partial charge in [-0.3, -0.25) is 14.4 Å². The maximum atomic E-state index is 13.3. The minimum Gasteiger partial charge on any atom is -0.466 e. The summed E-state index contributed by atoms with van der Waals surface area (Å²) in [5, 5.41) is 0.753. The van der Waals surface area contributed by atoms with Crippen molar-refractivity contribution in [3.8, 4) is 0 Å². The molecule has 4 rings (SSSR count). The number of nitrogens with one attached hydrogen (secondary N) is 1. The van der Waals surface area contributed by atoms with Crippen LogP contribution in [0.4, 0.5) is 0 Å². The van der Waals surface area contributed by atoms with Crippen LogP contribution in [0.3, 0.4) is 0 Å². The molecule has 0 bridgehead atoms. The predicted octanol–water partition coefficient (Wildman–Crippen LogP) is 4.12. The van der Waals surface area contributed by atoms with Crippen molar-refractivity contribution in [2.75, 3.05) is 19.7 Å². The monoisotopic (exact) mass is 432 g/mol. The molecule has 1 N–H and O–H groups in total. The number of aromatic nitrogens is 1. The van der Waals surface area contributed by atoms with Gasteiger partial charge < -0.3 is 14.6 Å². The smallest absolute Gasteiger partial charge is 0.306 e. The van der Waals surface area contributed by atoms with Crippen LogP contribution in [-0.4, -0.2) is 41.5 Å². The van der Waals surface area contributed by atoms with Crippen LogP contribution >= 0.6 is 0 Å². The summed E-state index contributed by atoms with van der Waals surface area (Å²) < 4.78 is 5.22. The van der Waals surface area contributed by atoms with Crippen LogP contribution in [0.1, 0.15) is 48.0 Å². The van der Waals surface area contributed by atoms with Crippen molar-refractivity contribution in [1.82, 2.24) is 9.88 Å². The number of aromatic amines is 1. The third kappa shape index (κ3) is 4.74. The Morgan fingerprint density at radius 3 is 2.47 bits per heavy atom. The van der Waals surface area contributed by atoms with Crippen molar-refractivity contribution in [1.29, 1.82) is 0 Å². The third-order valence-electron chi connectivity index (χ3n) is 6.30. The van der Waals surface area contributed by atoms with Crippen molar-refractivity contribution in [2.45, 2.75) is 32.1 Å². The van der Waals surface area contributed by atoms with Crippen LogP contribution in [0.5, 0.6) is 0 Å². The Hall–Kier alpha value is -3.41. The van der Waals surface area contributed by atoms with Crippen LogP contribution in [0, 0.1) is 5.92 Å². The molecule has 1 fully saturated rings. The molecule has 6 heteroatoms. The predicted molar refractivity (Wildman–Crippen MR) is 124 cm³/mol. The van der Waals surface area contributed by atoms with Crippen LogP contribution < -0.4 is 5.56 Å². The number of likely N-dealkylation sites (tertiary alicyclic amines) is 1. The van der Waals surface area contributed by atoms with Gasteiger partial charge in [0.2, 0.25) is 5.56 Å². The third-order valence-corrected chi connectivity index (χ3v) is 6.30. The van der Waals surface area contributed by atoms with Gasteiger partial charge >= 0.3 is 5.97 Å². The first kappa shape index (κ1) is 21.8. The summed E-state index contributed by atoms with van der Waals surface area (Å²) in [6.07, 6.45) is 1.94. The van der Waals surface area contributed by atoms with E-state index in [-0.39, 0.29) is 29.3 Å². The average molecular weight is 433 g/mol. The minimum atomic E-state index is -0.277. The van der Waals surface area contributed by atoms with Gasteiger partial charge in [0.1, 0.15) is 0 Å². The van der Waals surface area contributed by atoms with Crippen LogP contribution in [-0.2, 0) is 9.53 Å². The molecule has 2 aromatic carbocycles. The normalized spacial score (nSPS) is 15.5. The molecule has 0 saturated carbocycles. The standard InChI is InChI=1S/C26H28N2O4/c1-2-32-25(30)17-21(18-8-4-3-5-9-18)19-12-14-28(15-13-19)26(31)22-16-24(29)27-23-11-7-6-10-20(22)23/h3-11,16,19,21H,2,12-15,17H2,1H3,(H,27,29). The van der Waals surface area contributed by atoms with E-state index in [4.69, 9.17) is 4.74 Å². The second-order valence-electron chi connectivity index (χ2n) is 8.25. The lowest BCUT2D eigenvalue weighted by molar-refractivity contribution is -0.144. The van der Waals surface area contributed by atoms with Gasteiger partial charge in [-0.05, 0) is 43.2 Å². The van der Waals surface area contributed by atoms with Gasteiger partial charge in [0.05, 0.1) is 18.6 Å². The van der Waals surface area contributed by atoms with E-state index in [0.29, 0.717) is 37.2 Å². The quantitative estimate of drug-likeness (QED) is 0.595. The molecule has 3 aromatic rings. The van der Waals surface area contributed by atoms with E-state index in [0.717, 1.165) is 23.8 Å². The van der Waals surface area contributed by atoms with Gasteiger partial charge in [-0.1, -0.05) is 48.5 Å². The first-order valence-electron chi connectivity index (χ1n) is 11.2. The highest BCUT2D eigenvalue weighted by Gasteiger charge is 2.32. The highest BCUT2D eigenvalue weighted by Crippen LogP contribution is 2.36. The summed E-state index contributed by atoms with van der Waals surface area (Å²) in [6.45, 7) is 3.38. The van der Waals surface area contributed by atoms with Crippen LogP contribution in [0.15, 0.2) is 65.5 Å². The van der Waals surface area contributed by atoms with Gasteiger partial charge in [0.25, 0.3) is 5.91 Å². The van der Waals surface area contributed by atoms with Crippen molar-refractivity contribution in [3.63, 3.8) is 0 Å². The fourth-order valence-corrected chi connectivity index (χ4v) is 4.71. The molecule has 0 aliphatic carbocycles. The van der Waals surface area contributed by atoms with E-state index >= 15 is 0 Å². The lowest BCUT2D eigenvalue weighted by atomic mass is 9.78. The molecule has 6 nitrogen and oxygen atoms in total. The minimum absolute atomic E-state index is 0.0629. The van der Waals surface area contributed by atoms with Crippen molar-refractivity contribution >= 4 is 22.8 Å². The fourth-order valence-electron chi connectivity index (χ4n) is 4.71. The van der Waals surface area contributed by atoms with Crippen LogP contribution in [0.2, 0.25) is 0 Å². The molecule has 1 aliphatic heterocycles. The number of piperidine rings is 1. The van der Waals surface area contributed by atoms with E-state index in [1.165, 1.54) is 6.07 Å². The van der Waals surface area contributed by atoms with Crippen LogP contribution in [0.25, 0.3) is 10.9 Å². The maximum absolute atomic E-state index is 13.3. The van der Waals surface area contributed by atoms with E-state index in [9.17, 15) is 14.4 Å². The Bertz CT molecular complexity index is 1150. The highest BCUT2D eigenvalue weighted by atomic mass is 16.5. The number of fused-ring (bicyclic) bond motifs is 1. The lowest BCUT2D eigenvalue weighted by Crippen LogP contribution is -2.40. The molecule has 32 heavy (non-hydrogen) atoms. The zero-order valence-electron chi connectivity index (χ0n) is 18.3. The second-order valence-corrected chi connectivity index (χ2v) is 8.25. The number of esters is 1. The maximum Gasteiger partial charge on any atom is 0.306 e. The molecule has 2 heterocycles. The molecule has 1 aliphatic rings. The Balaban J connectivity index is 1.51. The number of hydrogen-bond donors (Lipinski definition) is 1. The molecule has 166 valence electrons. The number of H-pyrrole nitrogens is 1. The molecule has 1 atom stereocenters. The van der Waals surface area contributed by atoms with E-state index < -0.39 is 0 Å². The van der Waals surface area contributed by atoms with Gasteiger partial charge in [0.15, 0.2) is 0 Å². The van der Waals surface area contributed by atoms with Crippen molar-refractivity contribution in [3.05, 3.63) is 82.1 Å². The number of rotatable bonds is 6. The molecule has 1 aromatic heterocycles. The number of amides is 1. The number of hydrogen-bond acceptors (Lipinski definition) is 4. The number of benzene rings is 2. The van der Waals surface area contributed by atoms with E-state index in [1.807, 2.05) is 48.2 Å².